The van der Waals surface area contributed by atoms with E-state index in [1.165, 1.54) is 18.2 Å². The minimum atomic E-state index is -0.0101. The largest absolute Gasteiger partial charge is 0.467 e. The van der Waals surface area contributed by atoms with Gasteiger partial charge in [0.2, 0.25) is 11.9 Å². The van der Waals surface area contributed by atoms with Gasteiger partial charge in [0.25, 0.3) is 0 Å². The molecule has 4 rings (SSSR count). The molecule has 0 saturated carbocycles. The maximum atomic E-state index is 12.3. The Kier molecular flexibility index (Phi) is 6.56. The summed E-state index contributed by atoms with van der Waals surface area (Å²) in [5.41, 5.74) is 0. The summed E-state index contributed by atoms with van der Waals surface area (Å²) in [5, 5.41) is 14.6. The Balaban J connectivity index is 1.44. The average molecular weight is 432 g/mol. The first kappa shape index (κ1) is 20.0. The monoisotopic (exact) mass is 431 g/mol. The normalized spacial score (nSPS) is 16.9. The molecule has 1 unspecified atom stereocenters. The number of hydrogen-bond acceptors (Lipinski definition) is 7. The highest BCUT2D eigenvalue weighted by Gasteiger charge is 2.24. The lowest BCUT2D eigenvalue weighted by Gasteiger charge is -2.31. The fraction of sp³-hybridized carbons (Fsp3) is 0.450. The van der Waals surface area contributed by atoms with E-state index in [0.717, 1.165) is 41.3 Å². The zero-order valence-corrected chi connectivity index (χ0v) is 18.0. The standard InChI is InChI=1S/C20H25N5O2S2/c1-15-5-2-8-24(12-15)19-22-23-20(25(19)13-16-6-3-9-27-16)29-14-18(26)21-11-17-7-4-10-28-17/h3-4,6-7,9-10,15H,2,5,8,11-14H2,1H3,(H,21,26). The zero-order chi connectivity index (χ0) is 20.1. The molecule has 0 aliphatic carbocycles. The van der Waals surface area contributed by atoms with Gasteiger partial charge >= 0.3 is 0 Å². The summed E-state index contributed by atoms with van der Waals surface area (Å²) in [6.45, 7) is 5.34. The number of furan rings is 1. The molecule has 1 aliphatic rings. The van der Waals surface area contributed by atoms with Crippen LogP contribution in [0.4, 0.5) is 5.95 Å². The van der Waals surface area contributed by atoms with Crippen LogP contribution in [0.15, 0.2) is 45.5 Å². The molecule has 1 saturated heterocycles. The van der Waals surface area contributed by atoms with Crippen molar-refractivity contribution in [3.05, 3.63) is 46.5 Å². The Morgan fingerprint density at radius 2 is 2.31 bits per heavy atom. The lowest BCUT2D eigenvalue weighted by Crippen LogP contribution is -2.36. The van der Waals surface area contributed by atoms with Crippen LogP contribution in [-0.4, -0.2) is 39.5 Å². The highest BCUT2D eigenvalue weighted by Crippen LogP contribution is 2.27. The van der Waals surface area contributed by atoms with Gasteiger partial charge in [-0.15, -0.1) is 21.5 Å². The fourth-order valence-electron chi connectivity index (χ4n) is 3.47. The van der Waals surface area contributed by atoms with Crippen LogP contribution >= 0.6 is 23.1 Å². The van der Waals surface area contributed by atoms with Crippen LogP contribution in [0.1, 0.15) is 30.4 Å². The molecule has 0 aromatic carbocycles. The third kappa shape index (κ3) is 5.22. The SMILES string of the molecule is CC1CCCN(c2nnc(SCC(=O)NCc3cccs3)n2Cc2ccco2)C1. The number of aromatic nitrogens is 3. The molecule has 0 spiro atoms. The molecule has 7 nitrogen and oxygen atoms in total. The van der Waals surface area contributed by atoms with E-state index in [-0.39, 0.29) is 5.91 Å². The van der Waals surface area contributed by atoms with Crippen LogP contribution in [0.3, 0.4) is 0 Å². The van der Waals surface area contributed by atoms with E-state index in [1.807, 2.05) is 29.6 Å². The van der Waals surface area contributed by atoms with Crippen molar-refractivity contribution < 1.29 is 9.21 Å². The number of hydrogen-bond donors (Lipinski definition) is 1. The Hall–Kier alpha value is -2.26. The number of nitrogens with zero attached hydrogens (tertiary/aromatic N) is 4. The van der Waals surface area contributed by atoms with E-state index < -0.39 is 0 Å². The second kappa shape index (κ2) is 9.49. The van der Waals surface area contributed by atoms with Gasteiger partial charge in [-0.1, -0.05) is 24.8 Å². The van der Waals surface area contributed by atoms with Gasteiger partial charge in [-0.3, -0.25) is 9.36 Å². The van der Waals surface area contributed by atoms with Gasteiger partial charge in [0, 0.05) is 18.0 Å². The minimum Gasteiger partial charge on any atom is -0.467 e. The second-order valence-corrected chi connectivity index (χ2v) is 9.26. The summed E-state index contributed by atoms with van der Waals surface area (Å²) >= 11 is 3.05. The molecule has 4 heterocycles. The number of anilines is 1. The van der Waals surface area contributed by atoms with E-state index in [4.69, 9.17) is 4.42 Å². The summed E-state index contributed by atoms with van der Waals surface area (Å²) in [7, 11) is 0. The van der Waals surface area contributed by atoms with Gasteiger partial charge in [-0.2, -0.15) is 0 Å². The molecule has 9 heteroatoms. The number of amides is 1. The van der Waals surface area contributed by atoms with Crippen molar-refractivity contribution >= 4 is 35.0 Å². The highest BCUT2D eigenvalue weighted by atomic mass is 32.2. The molecule has 3 aromatic rings. The second-order valence-electron chi connectivity index (χ2n) is 7.29. The van der Waals surface area contributed by atoms with E-state index in [1.54, 1.807) is 17.6 Å². The number of carbonyl (C=O) groups is 1. The van der Waals surface area contributed by atoms with Gasteiger partial charge in [0.1, 0.15) is 5.76 Å². The first-order valence-electron chi connectivity index (χ1n) is 9.81. The Bertz CT molecular complexity index is 908. The molecule has 0 radical (unpaired) electrons. The molecule has 29 heavy (non-hydrogen) atoms. The number of nitrogens with one attached hydrogen (secondary N) is 1. The number of carbonyl (C=O) groups excluding carboxylic acids is 1. The van der Waals surface area contributed by atoms with Gasteiger partial charge in [0.05, 0.1) is 25.1 Å². The summed E-state index contributed by atoms with van der Waals surface area (Å²) in [5.74, 6) is 2.63. The van der Waals surface area contributed by atoms with E-state index in [9.17, 15) is 4.79 Å². The number of thiophene rings is 1. The van der Waals surface area contributed by atoms with Gasteiger partial charge in [-0.25, -0.2) is 0 Å². The molecule has 0 bridgehead atoms. The molecule has 1 atom stereocenters. The van der Waals surface area contributed by atoms with Crippen molar-refractivity contribution in [1.82, 2.24) is 20.1 Å². The van der Waals surface area contributed by atoms with Crippen molar-refractivity contribution in [3.8, 4) is 0 Å². The molecule has 1 aliphatic heterocycles. The van der Waals surface area contributed by atoms with Gasteiger partial charge < -0.3 is 14.6 Å². The molecule has 154 valence electrons. The van der Waals surface area contributed by atoms with Crippen LogP contribution in [0.2, 0.25) is 0 Å². The van der Waals surface area contributed by atoms with Gasteiger partial charge in [0.15, 0.2) is 5.16 Å². The van der Waals surface area contributed by atoms with Crippen LogP contribution in [0.5, 0.6) is 0 Å². The lowest BCUT2D eigenvalue weighted by molar-refractivity contribution is -0.118. The molecular weight excluding hydrogens is 406 g/mol. The molecule has 1 fully saturated rings. The van der Waals surface area contributed by atoms with Crippen molar-refractivity contribution in [2.75, 3.05) is 23.7 Å². The Morgan fingerprint density at radius 3 is 3.07 bits per heavy atom. The minimum absolute atomic E-state index is 0.0101. The molecule has 1 amide bonds. The summed E-state index contributed by atoms with van der Waals surface area (Å²) in [6, 6.07) is 7.84. The van der Waals surface area contributed by atoms with E-state index >= 15 is 0 Å². The first-order valence-corrected chi connectivity index (χ1v) is 11.7. The van der Waals surface area contributed by atoms with Crippen molar-refractivity contribution in [2.24, 2.45) is 5.92 Å². The lowest BCUT2D eigenvalue weighted by atomic mass is 10.0. The summed E-state index contributed by atoms with van der Waals surface area (Å²) < 4.78 is 7.61. The zero-order valence-electron chi connectivity index (χ0n) is 16.4. The Morgan fingerprint density at radius 1 is 1.38 bits per heavy atom. The first-order chi connectivity index (χ1) is 14.2. The van der Waals surface area contributed by atoms with Gasteiger partial charge in [-0.05, 0) is 42.3 Å². The van der Waals surface area contributed by atoms with Crippen LogP contribution < -0.4 is 10.2 Å². The number of piperidine rings is 1. The topological polar surface area (TPSA) is 76.2 Å². The summed E-state index contributed by atoms with van der Waals surface area (Å²) in [6.07, 6.45) is 4.07. The molecule has 3 aromatic heterocycles. The van der Waals surface area contributed by atoms with E-state index in [0.29, 0.717) is 24.8 Å². The van der Waals surface area contributed by atoms with Crippen molar-refractivity contribution in [2.45, 2.75) is 38.0 Å². The molecular formula is C20H25N5O2S2. The smallest absolute Gasteiger partial charge is 0.230 e. The van der Waals surface area contributed by atoms with Crippen LogP contribution in [0, 0.1) is 5.92 Å². The van der Waals surface area contributed by atoms with Crippen molar-refractivity contribution in [3.63, 3.8) is 0 Å². The fourth-order valence-corrected chi connectivity index (χ4v) is 4.88. The van der Waals surface area contributed by atoms with E-state index in [2.05, 4.69) is 31.9 Å². The third-order valence-corrected chi connectivity index (χ3v) is 6.75. The predicted octanol–water partition coefficient (Wildman–Crippen LogP) is 3.63. The maximum Gasteiger partial charge on any atom is 0.230 e. The maximum absolute atomic E-state index is 12.3. The van der Waals surface area contributed by atoms with Crippen LogP contribution in [0.25, 0.3) is 0 Å². The predicted molar refractivity (Wildman–Crippen MR) is 115 cm³/mol. The van der Waals surface area contributed by atoms with Crippen LogP contribution in [-0.2, 0) is 17.9 Å². The Labute approximate surface area is 178 Å². The number of rotatable bonds is 8. The third-order valence-electron chi connectivity index (χ3n) is 4.90. The summed E-state index contributed by atoms with van der Waals surface area (Å²) in [4.78, 5) is 15.7. The quantitative estimate of drug-likeness (QED) is 0.549. The average Bonchev–Trinajstić information content (AvgIpc) is 3.48. The molecule has 1 N–H and O–H groups in total. The van der Waals surface area contributed by atoms with Crippen molar-refractivity contribution in [1.29, 1.82) is 0 Å². The highest BCUT2D eigenvalue weighted by molar-refractivity contribution is 7.99. The number of thioether (sulfide) groups is 1.